The van der Waals surface area contributed by atoms with E-state index in [1.54, 1.807) is 6.07 Å². The van der Waals surface area contributed by atoms with E-state index in [2.05, 4.69) is 5.32 Å². The fourth-order valence-corrected chi connectivity index (χ4v) is 2.21. The Hall–Kier alpha value is -1.38. The van der Waals surface area contributed by atoms with Crippen molar-refractivity contribution in [2.24, 2.45) is 5.41 Å². The van der Waals surface area contributed by atoms with E-state index in [9.17, 15) is 9.18 Å². The minimum atomic E-state index is -0.285. The molecular weight excluding hydrogens is 205 g/mol. The molecule has 16 heavy (non-hydrogen) atoms. The molecule has 1 aliphatic heterocycles. The number of anilines is 1. The first kappa shape index (κ1) is 11.1. The summed E-state index contributed by atoms with van der Waals surface area (Å²) in [5.41, 5.74) is 1.39. The third-order valence-corrected chi connectivity index (χ3v) is 3.54. The number of carbonyl (C=O) groups excluding carboxylic acids is 1. The van der Waals surface area contributed by atoms with Gasteiger partial charge in [0.2, 0.25) is 5.91 Å². The summed E-state index contributed by atoms with van der Waals surface area (Å²) in [5, 5.41) is 2.81. The molecule has 2 rings (SSSR count). The average Bonchev–Trinajstić information content (AvgIpc) is 2.54. The second kappa shape index (κ2) is 3.58. The van der Waals surface area contributed by atoms with Gasteiger partial charge in [-0.15, -0.1) is 0 Å². The summed E-state index contributed by atoms with van der Waals surface area (Å²) in [4.78, 5) is 11.9. The lowest BCUT2D eigenvalue weighted by molar-refractivity contribution is -0.119. The summed E-state index contributed by atoms with van der Waals surface area (Å²) in [6, 6.07) is 4.48. The Morgan fingerprint density at radius 1 is 1.44 bits per heavy atom. The van der Waals surface area contributed by atoms with Crippen LogP contribution in [-0.2, 0) is 4.79 Å². The van der Waals surface area contributed by atoms with Gasteiger partial charge in [-0.3, -0.25) is 4.79 Å². The highest BCUT2D eigenvalue weighted by atomic mass is 19.1. The molecular formula is C13H16FNO. The van der Waals surface area contributed by atoms with Crippen molar-refractivity contribution in [2.75, 3.05) is 5.32 Å². The molecule has 0 saturated heterocycles. The number of carbonyl (C=O) groups is 1. The first-order valence-corrected chi connectivity index (χ1v) is 5.56. The van der Waals surface area contributed by atoms with Crippen LogP contribution in [0.4, 0.5) is 10.1 Å². The molecule has 2 nitrogen and oxygen atoms in total. The first-order chi connectivity index (χ1) is 7.45. The van der Waals surface area contributed by atoms with Gasteiger partial charge in [-0.25, -0.2) is 4.39 Å². The molecule has 1 aromatic rings. The van der Waals surface area contributed by atoms with Crippen molar-refractivity contribution < 1.29 is 9.18 Å². The van der Waals surface area contributed by atoms with Crippen LogP contribution in [0.1, 0.15) is 38.7 Å². The van der Waals surface area contributed by atoms with Gasteiger partial charge in [-0.1, -0.05) is 20.8 Å². The second-order valence-electron chi connectivity index (χ2n) is 5.00. The van der Waals surface area contributed by atoms with Gasteiger partial charge in [-0.2, -0.15) is 0 Å². The predicted octanol–water partition coefficient (Wildman–Crippen LogP) is 3.30. The molecule has 1 heterocycles. The van der Waals surface area contributed by atoms with Crippen molar-refractivity contribution in [3.63, 3.8) is 0 Å². The minimum absolute atomic E-state index is 0.0209. The van der Waals surface area contributed by atoms with Crippen molar-refractivity contribution >= 4 is 11.6 Å². The summed E-state index contributed by atoms with van der Waals surface area (Å²) >= 11 is 0. The highest BCUT2D eigenvalue weighted by Crippen LogP contribution is 2.45. The molecule has 0 bridgehead atoms. The molecule has 0 radical (unpaired) electrons. The predicted molar refractivity (Wildman–Crippen MR) is 61.8 cm³/mol. The lowest BCUT2D eigenvalue weighted by Crippen LogP contribution is -2.27. The molecule has 0 aromatic heterocycles. The van der Waals surface area contributed by atoms with Gasteiger partial charge in [0.1, 0.15) is 5.82 Å². The maximum absolute atomic E-state index is 13.2. The van der Waals surface area contributed by atoms with Crippen molar-refractivity contribution in [3.05, 3.63) is 29.6 Å². The summed E-state index contributed by atoms with van der Waals surface area (Å²) in [6.45, 7) is 6.12. The van der Waals surface area contributed by atoms with Gasteiger partial charge in [-0.05, 0) is 35.6 Å². The van der Waals surface area contributed by atoms with Crippen LogP contribution in [0.5, 0.6) is 0 Å². The van der Waals surface area contributed by atoms with E-state index in [-0.39, 0.29) is 23.1 Å². The van der Waals surface area contributed by atoms with E-state index in [0.717, 1.165) is 17.7 Å². The molecule has 1 aliphatic rings. The van der Waals surface area contributed by atoms with Crippen molar-refractivity contribution in [3.8, 4) is 0 Å². The third kappa shape index (κ3) is 1.60. The van der Waals surface area contributed by atoms with E-state index in [1.165, 1.54) is 12.1 Å². The molecule has 0 spiro atoms. The lowest BCUT2D eigenvalue weighted by atomic mass is 9.74. The highest BCUT2D eigenvalue weighted by Gasteiger charge is 2.40. The number of hydrogen-bond acceptors (Lipinski definition) is 1. The highest BCUT2D eigenvalue weighted by molar-refractivity contribution is 6.03. The Kier molecular flexibility index (Phi) is 2.49. The van der Waals surface area contributed by atoms with Crippen molar-refractivity contribution in [1.82, 2.24) is 0 Å². The molecule has 1 amide bonds. The lowest BCUT2D eigenvalue weighted by Gasteiger charge is -2.28. The van der Waals surface area contributed by atoms with Gasteiger partial charge in [0, 0.05) is 5.69 Å². The Morgan fingerprint density at radius 3 is 2.75 bits per heavy atom. The van der Waals surface area contributed by atoms with Crippen LogP contribution in [0.15, 0.2) is 18.2 Å². The molecule has 0 aliphatic carbocycles. The van der Waals surface area contributed by atoms with Crippen molar-refractivity contribution in [1.29, 1.82) is 0 Å². The minimum Gasteiger partial charge on any atom is -0.325 e. The van der Waals surface area contributed by atoms with E-state index in [4.69, 9.17) is 0 Å². The molecule has 1 N–H and O–H groups in total. The monoisotopic (exact) mass is 221 g/mol. The number of amides is 1. The fraction of sp³-hybridized carbons (Fsp3) is 0.462. The van der Waals surface area contributed by atoms with Gasteiger partial charge >= 0.3 is 0 Å². The summed E-state index contributed by atoms with van der Waals surface area (Å²) in [7, 11) is 0. The molecule has 0 saturated carbocycles. The van der Waals surface area contributed by atoms with E-state index in [1.807, 2.05) is 20.8 Å². The van der Waals surface area contributed by atoms with Gasteiger partial charge in [0.15, 0.2) is 0 Å². The zero-order valence-electron chi connectivity index (χ0n) is 9.80. The number of benzene rings is 1. The maximum Gasteiger partial charge on any atom is 0.232 e. The van der Waals surface area contributed by atoms with Crippen LogP contribution < -0.4 is 5.32 Å². The zero-order valence-corrected chi connectivity index (χ0v) is 9.80. The first-order valence-electron chi connectivity index (χ1n) is 5.56. The van der Waals surface area contributed by atoms with Crippen LogP contribution >= 0.6 is 0 Å². The largest absolute Gasteiger partial charge is 0.325 e. The molecule has 1 unspecified atom stereocenters. The molecule has 1 atom stereocenters. The summed E-state index contributed by atoms with van der Waals surface area (Å²) in [5.74, 6) is -0.553. The van der Waals surface area contributed by atoms with E-state index in [0.29, 0.717) is 0 Å². The Balaban J connectivity index is 2.50. The molecule has 1 aromatic carbocycles. The van der Waals surface area contributed by atoms with Crippen LogP contribution in [0, 0.1) is 11.2 Å². The van der Waals surface area contributed by atoms with Gasteiger partial charge in [0.25, 0.3) is 0 Å². The normalized spacial score (nSPS) is 19.5. The Bertz CT molecular complexity index is 440. The van der Waals surface area contributed by atoms with E-state index >= 15 is 0 Å². The maximum atomic E-state index is 13.2. The quantitative estimate of drug-likeness (QED) is 0.815. The standard InChI is InChI=1S/C13H16FNO/c1-4-13(2,3)11-9-7-8(14)5-6-10(9)15-12(11)16/h5-7,11H,4H2,1-3H3,(H,15,16). The molecule has 3 heteroatoms. The topological polar surface area (TPSA) is 29.1 Å². The van der Waals surface area contributed by atoms with Gasteiger partial charge < -0.3 is 5.32 Å². The van der Waals surface area contributed by atoms with Gasteiger partial charge in [0.05, 0.1) is 5.92 Å². The Morgan fingerprint density at radius 2 is 2.12 bits per heavy atom. The van der Waals surface area contributed by atoms with Crippen molar-refractivity contribution in [2.45, 2.75) is 33.1 Å². The average molecular weight is 221 g/mol. The Labute approximate surface area is 94.9 Å². The zero-order chi connectivity index (χ0) is 11.9. The number of nitrogens with one attached hydrogen (secondary N) is 1. The number of halogens is 1. The van der Waals surface area contributed by atoms with E-state index < -0.39 is 0 Å². The number of hydrogen-bond donors (Lipinski definition) is 1. The van der Waals surface area contributed by atoms with Crippen LogP contribution in [0.3, 0.4) is 0 Å². The van der Waals surface area contributed by atoms with Crippen LogP contribution in [0.25, 0.3) is 0 Å². The fourth-order valence-electron chi connectivity index (χ4n) is 2.21. The summed E-state index contributed by atoms with van der Waals surface area (Å²) in [6.07, 6.45) is 0.876. The molecule has 0 fully saturated rings. The van der Waals surface area contributed by atoms with Crippen LogP contribution in [0.2, 0.25) is 0 Å². The van der Waals surface area contributed by atoms with Crippen LogP contribution in [-0.4, -0.2) is 5.91 Å². The smallest absolute Gasteiger partial charge is 0.232 e. The number of fused-ring (bicyclic) bond motifs is 1. The number of rotatable bonds is 2. The summed E-state index contributed by atoms with van der Waals surface area (Å²) < 4.78 is 13.2. The second-order valence-corrected chi connectivity index (χ2v) is 5.00. The molecule has 86 valence electrons. The third-order valence-electron chi connectivity index (χ3n) is 3.54. The SMILES string of the molecule is CCC(C)(C)C1C(=O)Nc2ccc(F)cc21.